The van der Waals surface area contributed by atoms with Crippen molar-refractivity contribution >= 4 is 34.1 Å². The van der Waals surface area contributed by atoms with Crippen molar-refractivity contribution in [3.8, 4) is 0 Å². The number of rotatable bonds is 8. The number of hydrogen-bond donors (Lipinski definition) is 2. The Kier molecular flexibility index (Phi) is 6.85. The van der Waals surface area contributed by atoms with Crippen molar-refractivity contribution in [2.45, 2.75) is 37.7 Å². The lowest BCUT2D eigenvalue weighted by atomic mass is 10.1. The molecule has 1 aromatic carbocycles. The molecule has 0 aliphatic heterocycles. The van der Waals surface area contributed by atoms with Gasteiger partial charge in [0.1, 0.15) is 0 Å². The molecule has 0 aliphatic rings. The van der Waals surface area contributed by atoms with E-state index in [9.17, 15) is 4.79 Å². The molecule has 5 nitrogen and oxygen atoms in total. The lowest BCUT2D eigenvalue weighted by molar-refractivity contribution is -0.119. The van der Waals surface area contributed by atoms with Crippen LogP contribution in [0.2, 0.25) is 0 Å². The molecule has 1 heterocycles. The van der Waals surface area contributed by atoms with Gasteiger partial charge in [0, 0.05) is 12.6 Å². The van der Waals surface area contributed by atoms with Gasteiger partial charge in [-0.2, -0.15) is 0 Å². The fourth-order valence-corrected chi connectivity index (χ4v) is 3.26. The lowest BCUT2D eigenvalue weighted by Gasteiger charge is -2.16. The second-order valence-electron chi connectivity index (χ2n) is 5.60. The third kappa shape index (κ3) is 6.19. The third-order valence-corrected chi connectivity index (χ3v) is 5.42. The van der Waals surface area contributed by atoms with Gasteiger partial charge in [-0.1, -0.05) is 67.3 Å². The molecule has 0 radical (unpaired) electrons. The zero-order valence-corrected chi connectivity index (χ0v) is 15.2. The van der Waals surface area contributed by atoms with Crippen LogP contribution >= 0.6 is 23.1 Å². The Balaban J connectivity index is 1.75. The molecule has 0 saturated heterocycles. The molecule has 2 N–H and O–H groups in total. The summed E-state index contributed by atoms with van der Waals surface area (Å²) in [5.41, 5.74) is 1.19. The van der Waals surface area contributed by atoms with Crippen molar-refractivity contribution in [3.05, 3.63) is 35.9 Å². The summed E-state index contributed by atoms with van der Waals surface area (Å²) in [6, 6.07) is 10.3. The van der Waals surface area contributed by atoms with Crippen molar-refractivity contribution in [2.75, 3.05) is 11.1 Å². The summed E-state index contributed by atoms with van der Waals surface area (Å²) in [7, 11) is 0. The number of carbonyl (C=O) groups is 1. The van der Waals surface area contributed by atoms with Crippen LogP contribution in [-0.4, -0.2) is 27.9 Å². The minimum absolute atomic E-state index is 0.0326. The number of hydrogen-bond acceptors (Lipinski definition) is 6. The molecule has 2 aromatic rings. The smallest absolute Gasteiger partial charge is 0.230 e. The number of nitrogens with zero attached hydrogens (tertiary/aromatic N) is 2. The van der Waals surface area contributed by atoms with E-state index in [1.54, 1.807) is 0 Å². The zero-order valence-electron chi connectivity index (χ0n) is 13.6. The van der Waals surface area contributed by atoms with E-state index >= 15 is 0 Å². The summed E-state index contributed by atoms with van der Waals surface area (Å²) in [5.74, 6) is 0.828. The summed E-state index contributed by atoms with van der Waals surface area (Å²) in [5, 5.41) is 15.2. The molecule has 0 spiro atoms. The highest BCUT2D eigenvalue weighted by Crippen LogP contribution is 2.25. The summed E-state index contributed by atoms with van der Waals surface area (Å²) in [4.78, 5) is 11.9. The molecule has 23 heavy (non-hydrogen) atoms. The largest absolute Gasteiger partial charge is 0.356 e. The van der Waals surface area contributed by atoms with Gasteiger partial charge in [-0.15, -0.1) is 10.2 Å². The molecule has 7 heteroatoms. The van der Waals surface area contributed by atoms with Crippen molar-refractivity contribution in [3.63, 3.8) is 0 Å². The maximum Gasteiger partial charge on any atom is 0.230 e. The highest BCUT2D eigenvalue weighted by atomic mass is 32.2. The third-order valence-electron chi connectivity index (χ3n) is 3.41. The van der Waals surface area contributed by atoms with Crippen LogP contribution in [0, 0.1) is 5.92 Å². The van der Waals surface area contributed by atoms with E-state index in [-0.39, 0.29) is 11.9 Å². The molecule has 0 unspecified atom stereocenters. The fraction of sp³-hybridized carbons (Fsp3) is 0.438. The molecule has 124 valence electrons. The Morgan fingerprint density at radius 1 is 1.22 bits per heavy atom. The maximum absolute atomic E-state index is 11.9. The highest BCUT2D eigenvalue weighted by molar-refractivity contribution is 8.01. The maximum atomic E-state index is 11.9. The number of anilines is 1. The average Bonchev–Trinajstić information content (AvgIpc) is 3.00. The number of amides is 1. The fourth-order valence-electron chi connectivity index (χ4n) is 1.70. The summed E-state index contributed by atoms with van der Waals surface area (Å²) in [6.07, 6.45) is 0. The number of benzene rings is 1. The summed E-state index contributed by atoms with van der Waals surface area (Å²) >= 11 is 2.89. The van der Waals surface area contributed by atoms with Gasteiger partial charge in [0.15, 0.2) is 4.34 Å². The Bertz CT molecular complexity index is 616. The highest BCUT2D eigenvalue weighted by Gasteiger charge is 2.12. The molecular weight excluding hydrogens is 328 g/mol. The number of thioether (sulfide) groups is 1. The Labute approximate surface area is 145 Å². The van der Waals surface area contributed by atoms with Crippen molar-refractivity contribution in [2.24, 2.45) is 5.92 Å². The molecule has 1 amide bonds. The first kappa shape index (κ1) is 17.7. The molecule has 0 fully saturated rings. The Hall–Kier alpha value is -1.60. The molecular formula is C16H22N4OS2. The molecule has 1 aromatic heterocycles. The van der Waals surface area contributed by atoms with Gasteiger partial charge in [0.2, 0.25) is 11.0 Å². The van der Waals surface area contributed by atoms with Gasteiger partial charge in [-0.25, -0.2) is 0 Å². The quantitative estimate of drug-likeness (QED) is 0.714. The van der Waals surface area contributed by atoms with E-state index in [4.69, 9.17) is 0 Å². The van der Waals surface area contributed by atoms with E-state index in [1.807, 2.05) is 25.1 Å². The van der Waals surface area contributed by atoms with Gasteiger partial charge in [-0.3, -0.25) is 4.79 Å². The average molecular weight is 351 g/mol. The normalized spacial score (nSPS) is 12.2. The standard InChI is InChI=1S/C16H22N4OS2/c1-11(2)12(3)18-14(21)10-22-16-20-19-15(23-16)17-9-13-7-5-4-6-8-13/h4-8,11-12H,9-10H2,1-3H3,(H,17,19)(H,18,21)/t12-/m1/s1. The van der Waals surface area contributed by atoms with Crippen LogP contribution in [0.5, 0.6) is 0 Å². The second-order valence-corrected chi connectivity index (χ2v) is 7.80. The molecule has 0 aliphatic carbocycles. The monoisotopic (exact) mass is 350 g/mol. The van der Waals surface area contributed by atoms with Crippen LogP contribution in [0.4, 0.5) is 5.13 Å². The SMILES string of the molecule is CC(C)[C@@H](C)NC(=O)CSc1nnc(NCc2ccccc2)s1. The second kappa shape index (κ2) is 8.88. The number of carbonyl (C=O) groups excluding carboxylic acids is 1. The Morgan fingerprint density at radius 2 is 1.96 bits per heavy atom. The number of aromatic nitrogens is 2. The molecule has 2 rings (SSSR count). The minimum Gasteiger partial charge on any atom is -0.356 e. The first-order chi connectivity index (χ1) is 11.0. The Morgan fingerprint density at radius 3 is 2.65 bits per heavy atom. The summed E-state index contributed by atoms with van der Waals surface area (Å²) < 4.78 is 0.799. The minimum atomic E-state index is 0.0326. The van der Waals surface area contributed by atoms with E-state index < -0.39 is 0 Å². The van der Waals surface area contributed by atoms with E-state index in [1.165, 1.54) is 28.7 Å². The van der Waals surface area contributed by atoms with Gasteiger partial charge in [-0.05, 0) is 18.4 Å². The van der Waals surface area contributed by atoms with Crippen LogP contribution in [0.3, 0.4) is 0 Å². The van der Waals surface area contributed by atoms with Gasteiger partial charge in [0.25, 0.3) is 0 Å². The van der Waals surface area contributed by atoms with Crippen molar-refractivity contribution < 1.29 is 4.79 Å². The van der Waals surface area contributed by atoms with Crippen LogP contribution in [0.15, 0.2) is 34.7 Å². The zero-order chi connectivity index (χ0) is 16.7. The molecule has 0 bridgehead atoms. The number of nitrogens with one attached hydrogen (secondary N) is 2. The molecule has 0 saturated carbocycles. The van der Waals surface area contributed by atoms with E-state index in [2.05, 4.69) is 46.8 Å². The van der Waals surface area contributed by atoms with Crippen LogP contribution < -0.4 is 10.6 Å². The topological polar surface area (TPSA) is 66.9 Å². The first-order valence-electron chi connectivity index (χ1n) is 7.58. The first-order valence-corrected chi connectivity index (χ1v) is 9.38. The van der Waals surface area contributed by atoms with Crippen molar-refractivity contribution in [1.29, 1.82) is 0 Å². The van der Waals surface area contributed by atoms with Crippen LogP contribution in [0.1, 0.15) is 26.3 Å². The molecule has 1 atom stereocenters. The van der Waals surface area contributed by atoms with E-state index in [0.29, 0.717) is 18.2 Å². The van der Waals surface area contributed by atoms with Crippen LogP contribution in [-0.2, 0) is 11.3 Å². The van der Waals surface area contributed by atoms with Crippen LogP contribution in [0.25, 0.3) is 0 Å². The predicted octanol–water partition coefficient (Wildman–Crippen LogP) is 3.40. The lowest BCUT2D eigenvalue weighted by Crippen LogP contribution is -2.37. The van der Waals surface area contributed by atoms with Gasteiger partial charge in [0.05, 0.1) is 5.75 Å². The van der Waals surface area contributed by atoms with Gasteiger partial charge >= 0.3 is 0 Å². The van der Waals surface area contributed by atoms with Gasteiger partial charge < -0.3 is 10.6 Å². The predicted molar refractivity (Wildman–Crippen MR) is 96.8 cm³/mol. The van der Waals surface area contributed by atoms with Crippen molar-refractivity contribution in [1.82, 2.24) is 15.5 Å². The summed E-state index contributed by atoms with van der Waals surface area (Å²) in [6.45, 7) is 6.91. The van der Waals surface area contributed by atoms with E-state index in [0.717, 1.165) is 9.47 Å².